The van der Waals surface area contributed by atoms with E-state index in [9.17, 15) is 19.1 Å². The molecule has 0 bridgehead atoms. The molecule has 2 aliphatic rings. The van der Waals surface area contributed by atoms with Gasteiger partial charge in [-0.1, -0.05) is 27.7 Å². The molecule has 1 saturated heterocycles. The predicted octanol–water partition coefficient (Wildman–Crippen LogP) is 5.55. The summed E-state index contributed by atoms with van der Waals surface area (Å²) in [5.74, 6) is -0.650. The Morgan fingerprint density at radius 3 is 2.36 bits per heavy atom. The lowest BCUT2D eigenvalue weighted by Gasteiger charge is -2.47. The molecule has 1 saturated carbocycles. The van der Waals surface area contributed by atoms with E-state index in [0.717, 1.165) is 24.0 Å². The Balaban J connectivity index is 1.42. The van der Waals surface area contributed by atoms with Crippen molar-refractivity contribution in [1.82, 2.24) is 14.8 Å². The third kappa shape index (κ3) is 5.44. The normalized spacial score (nSPS) is 19.3. The SMILES string of the molecule is CC(C)(C)CC(O)C(=O)N1CCN(C(=O)c2cc3nc(-c4ccc(F)cc4)cc(C4(C)CC4)c3o2)C(C)(C)C1. The Morgan fingerprint density at radius 2 is 1.77 bits per heavy atom. The van der Waals surface area contributed by atoms with Gasteiger partial charge in [-0.15, -0.1) is 0 Å². The van der Waals surface area contributed by atoms with E-state index in [-0.39, 0.29) is 34.2 Å². The molecule has 2 fully saturated rings. The van der Waals surface area contributed by atoms with Crippen LogP contribution in [0.4, 0.5) is 4.39 Å². The number of hydrogen-bond acceptors (Lipinski definition) is 5. The first-order valence-corrected chi connectivity index (χ1v) is 13.7. The molecule has 7 nitrogen and oxygen atoms in total. The average molecular weight is 536 g/mol. The Bertz CT molecular complexity index is 1420. The lowest BCUT2D eigenvalue weighted by Crippen LogP contribution is -2.63. The van der Waals surface area contributed by atoms with Crippen LogP contribution >= 0.6 is 0 Å². The van der Waals surface area contributed by atoms with Crippen molar-refractivity contribution < 1.29 is 23.5 Å². The van der Waals surface area contributed by atoms with E-state index in [0.29, 0.717) is 42.8 Å². The second-order valence-corrected chi connectivity index (χ2v) is 13.3. The van der Waals surface area contributed by atoms with E-state index in [4.69, 9.17) is 9.40 Å². The zero-order valence-electron chi connectivity index (χ0n) is 23.7. The van der Waals surface area contributed by atoms with Gasteiger partial charge in [-0.2, -0.15) is 0 Å². The molecule has 2 aromatic heterocycles. The molecule has 3 aromatic rings. The van der Waals surface area contributed by atoms with Crippen LogP contribution in [0.15, 0.2) is 40.8 Å². The Labute approximate surface area is 229 Å². The fraction of sp³-hybridized carbons (Fsp3) is 0.516. The molecule has 1 unspecified atom stereocenters. The summed E-state index contributed by atoms with van der Waals surface area (Å²) in [6.07, 6.45) is 1.34. The molecule has 1 aliphatic heterocycles. The minimum Gasteiger partial charge on any atom is -0.449 e. The number of halogens is 1. The number of aromatic nitrogens is 1. The van der Waals surface area contributed by atoms with Crippen LogP contribution in [-0.4, -0.2) is 63.0 Å². The molecular weight excluding hydrogens is 497 g/mol. The van der Waals surface area contributed by atoms with Crippen LogP contribution in [0.1, 0.15) is 76.9 Å². The number of piperazine rings is 1. The summed E-state index contributed by atoms with van der Waals surface area (Å²) in [4.78, 5) is 34.9. The largest absolute Gasteiger partial charge is 0.449 e. The Kier molecular flexibility index (Phi) is 6.61. The van der Waals surface area contributed by atoms with Crippen molar-refractivity contribution in [3.63, 3.8) is 0 Å². The molecule has 1 aliphatic carbocycles. The highest BCUT2D eigenvalue weighted by Gasteiger charge is 2.44. The summed E-state index contributed by atoms with van der Waals surface area (Å²) < 4.78 is 19.7. The first-order chi connectivity index (χ1) is 18.2. The molecule has 5 rings (SSSR count). The van der Waals surface area contributed by atoms with Gasteiger partial charge < -0.3 is 19.3 Å². The molecule has 1 aromatic carbocycles. The zero-order chi connectivity index (χ0) is 28.3. The Hall–Kier alpha value is -3.26. The second-order valence-electron chi connectivity index (χ2n) is 13.3. The molecule has 3 heterocycles. The molecule has 0 spiro atoms. The predicted molar refractivity (Wildman–Crippen MR) is 148 cm³/mol. The number of aliphatic hydroxyl groups is 1. The van der Waals surface area contributed by atoms with E-state index < -0.39 is 11.6 Å². The number of carbonyl (C=O) groups excluding carboxylic acids is 2. The van der Waals surface area contributed by atoms with Gasteiger partial charge in [0.15, 0.2) is 11.3 Å². The summed E-state index contributed by atoms with van der Waals surface area (Å²) in [7, 11) is 0. The number of benzene rings is 1. The number of fused-ring (bicyclic) bond motifs is 1. The zero-order valence-corrected chi connectivity index (χ0v) is 23.7. The van der Waals surface area contributed by atoms with Crippen LogP contribution in [0.5, 0.6) is 0 Å². The standard InChI is InChI=1S/C31H38FN3O4/c1-29(2,3)17-24(36)27(37)34-13-14-35(30(4,5)18-34)28(38)25-16-23-26(39-25)21(31(6)11-12-31)15-22(33-23)19-7-9-20(32)10-8-19/h7-10,15-16,24,36H,11-14,17-18H2,1-6H3. The molecule has 2 amide bonds. The molecule has 39 heavy (non-hydrogen) atoms. The summed E-state index contributed by atoms with van der Waals surface area (Å²) in [6.45, 7) is 13.0. The number of nitrogens with zero attached hydrogens (tertiary/aromatic N) is 3. The summed E-state index contributed by atoms with van der Waals surface area (Å²) in [5, 5.41) is 10.5. The minimum atomic E-state index is -1.07. The lowest BCUT2D eigenvalue weighted by atomic mass is 9.88. The van der Waals surface area contributed by atoms with Crippen LogP contribution in [-0.2, 0) is 10.2 Å². The van der Waals surface area contributed by atoms with Gasteiger partial charge in [0.05, 0.1) is 11.2 Å². The quantitative estimate of drug-likeness (QED) is 0.463. The number of amides is 2. The van der Waals surface area contributed by atoms with Crippen LogP contribution < -0.4 is 0 Å². The van der Waals surface area contributed by atoms with Gasteiger partial charge >= 0.3 is 0 Å². The number of furan rings is 1. The van der Waals surface area contributed by atoms with Crippen molar-refractivity contribution in [2.75, 3.05) is 19.6 Å². The number of hydrogen-bond donors (Lipinski definition) is 1. The van der Waals surface area contributed by atoms with E-state index in [2.05, 4.69) is 6.92 Å². The van der Waals surface area contributed by atoms with Gasteiger partial charge in [-0.25, -0.2) is 9.37 Å². The first kappa shape index (κ1) is 27.3. The maximum Gasteiger partial charge on any atom is 0.290 e. The molecule has 8 heteroatoms. The van der Waals surface area contributed by atoms with Crippen LogP contribution in [0.25, 0.3) is 22.4 Å². The number of rotatable bonds is 5. The monoisotopic (exact) mass is 535 g/mol. The van der Waals surface area contributed by atoms with Gasteiger partial charge in [0.1, 0.15) is 17.4 Å². The highest BCUT2D eigenvalue weighted by atomic mass is 19.1. The van der Waals surface area contributed by atoms with Crippen molar-refractivity contribution in [2.45, 2.75) is 77.9 Å². The lowest BCUT2D eigenvalue weighted by molar-refractivity contribution is -0.145. The van der Waals surface area contributed by atoms with Gasteiger partial charge in [0, 0.05) is 36.8 Å². The summed E-state index contributed by atoms with van der Waals surface area (Å²) >= 11 is 0. The van der Waals surface area contributed by atoms with Crippen LogP contribution in [0, 0.1) is 11.2 Å². The third-order valence-corrected chi connectivity index (χ3v) is 8.03. The summed E-state index contributed by atoms with van der Waals surface area (Å²) in [5.41, 5.74) is 2.84. The fourth-order valence-electron chi connectivity index (χ4n) is 5.53. The fourth-order valence-corrected chi connectivity index (χ4v) is 5.53. The number of carbonyl (C=O) groups is 2. The smallest absolute Gasteiger partial charge is 0.290 e. The Morgan fingerprint density at radius 1 is 1.10 bits per heavy atom. The van der Waals surface area contributed by atoms with E-state index in [1.807, 2.05) is 40.7 Å². The van der Waals surface area contributed by atoms with Gasteiger partial charge in [0.25, 0.3) is 11.8 Å². The van der Waals surface area contributed by atoms with E-state index in [1.165, 1.54) is 12.1 Å². The highest BCUT2D eigenvalue weighted by molar-refractivity contribution is 5.97. The van der Waals surface area contributed by atoms with E-state index >= 15 is 0 Å². The highest BCUT2D eigenvalue weighted by Crippen LogP contribution is 2.50. The molecule has 208 valence electrons. The van der Waals surface area contributed by atoms with Crippen molar-refractivity contribution in [3.05, 3.63) is 53.5 Å². The molecular formula is C31H38FN3O4. The minimum absolute atomic E-state index is 0.0483. The van der Waals surface area contributed by atoms with Crippen molar-refractivity contribution in [3.8, 4) is 11.3 Å². The van der Waals surface area contributed by atoms with Gasteiger partial charge in [-0.3, -0.25) is 9.59 Å². The van der Waals surface area contributed by atoms with Crippen molar-refractivity contribution >= 4 is 22.9 Å². The third-order valence-electron chi connectivity index (χ3n) is 8.03. The molecule has 0 radical (unpaired) electrons. The summed E-state index contributed by atoms with van der Waals surface area (Å²) in [6, 6.07) is 9.93. The average Bonchev–Trinajstić information content (AvgIpc) is 3.45. The maximum absolute atomic E-state index is 13.8. The number of pyridine rings is 1. The van der Waals surface area contributed by atoms with Gasteiger partial charge in [0.2, 0.25) is 0 Å². The first-order valence-electron chi connectivity index (χ1n) is 13.7. The van der Waals surface area contributed by atoms with Crippen molar-refractivity contribution in [1.29, 1.82) is 0 Å². The number of aliphatic hydroxyl groups excluding tert-OH is 1. The second kappa shape index (κ2) is 9.44. The van der Waals surface area contributed by atoms with Crippen LogP contribution in [0.3, 0.4) is 0 Å². The molecule has 1 atom stereocenters. The van der Waals surface area contributed by atoms with Crippen molar-refractivity contribution in [2.24, 2.45) is 5.41 Å². The topological polar surface area (TPSA) is 86.9 Å². The maximum atomic E-state index is 13.8. The van der Waals surface area contributed by atoms with E-state index in [1.54, 1.807) is 28.0 Å². The molecule has 1 N–H and O–H groups in total. The van der Waals surface area contributed by atoms with Gasteiger partial charge in [-0.05, 0) is 74.3 Å². The van der Waals surface area contributed by atoms with Crippen LogP contribution in [0.2, 0.25) is 0 Å².